The minimum absolute atomic E-state index is 0.223. The van der Waals surface area contributed by atoms with Crippen LogP contribution in [0.1, 0.15) is 5.56 Å². The Morgan fingerprint density at radius 3 is 2.43 bits per heavy atom. The van der Waals surface area contributed by atoms with E-state index in [1.807, 2.05) is 5.32 Å². The highest BCUT2D eigenvalue weighted by atomic mass is 19.4. The molecule has 0 atom stereocenters. The molecule has 114 valence electrons. The fourth-order valence-electron chi connectivity index (χ4n) is 1.32. The number of rotatable bonds is 5. The Bertz CT molecular complexity index is 528. The second kappa shape index (κ2) is 7.32. The van der Waals surface area contributed by atoms with Crippen molar-refractivity contribution in [1.82, 2.24) is 0 Å². The molecule has 5 nitrogen and oxygen atoms in total. The number of hydrogen-bond acceptors (Lipinski definition) is 4. The van der Waals surface area contributed by atoms with E-state index in [0.29, 0.717) is 0 Å². The minimum atomic E-state index is -4.59. The van der Waals surface area contributed by atoms with Crippen LogP contribution in [0.4, 0.5) is 23.7 Å². The van der Waals surface area contributed by atoms with E-state index in [1.54, 1.807) is 0 Å². The van der Waals surface area contributed by atoms with Crippen molar-refractivity contribution in [2.24, 2.45) is 0 Å². The van der Waals surface area contributed by atoms with E-state index in [1.165, 1.54) is 12.1 Å². The average molecular weight is 303 g/mol. The lowest BCUT2D eigenvalue weighted by Crippen LogP contribution is -2.20. The van der Waals surface area contributed by atoms with Gasteiger partial charge < -0.3 is 9.47 Å². The second-order valence-corrected chi connectivity index (χ2v) is 3.68. The van der Waals surface area contributed by atoms with Crippen molar-refractivity contribution >= 4 is 17.7 Å². The molecular formula is C13H12F3NO4. The summed E-state index contributed by atoms with van der Waals surface area (Å²) in [6, 6.07) is 4.48. The molecule has 0 radical (unpaired) electrons. The molecule has 0 saturated carbocycles. The molecule has 0 saturated heterocycles. The molecule has 0 aliphatic rings. The zero-order chi connectivity index (χ0) is 15.9. The van der Waals surface area contributed by atoms with Crippen LogP contribution in [0.25, 0.3) is 0 Å². The SMILES string of the molecule is C=CC(=O)OCCOC(=O)Nc1ccccc1C(F)(F)F. The molecule has 1 N–H and O–H groups in total. The molecule has 1 aromatic carbocycles. The van der Waals surface area contributed by atoms with Crippen molar-refractivity contribution in [3.05, 3.63) is 42.5 Å². The van der Waals surface area contributed by atoms with Crippen molar-refractivity contribution in [1.29, 1.82) is 0 Å². The van der Waals surface area contributed by atoms with E-state index >= 15 is 0 Å². The third-order valence-corrected chi connectivity index (χ3v) is 2.20. The van der Waals surface area contributed by atoms with Gasteiger partial charge in [-0.05, 0) is 12.1 Å². The van der Waals surface area contributed by atoms with Crippen LogP contribution in [0.15, 0.2) is 36.9 Å². The van der Waals surface area contributed by atoms with Crippen LogP contribution in [-0.2, 0) is 20.4 Å². The second-order valence-electron chi connectivity index (χ2n) is 3.68. The summed E-state index contributed by atoms with van der Waals surface area (Å²) >= 11 is 0. The molecule has 1 aromatic rings. The van der Waals surface area contributed by atoms with E-state index in [2.05, 4.69) is 16.1 Å². The molecule has 0 aromatic heterocycles. The Kier molecular flexibility index (Phi) is 5.77. The van der Waals surface area contributed by atoms with E-state index in [-0.39, 0.29) is 13.2 Å². The lowest BCUT2D eigenvalue weighted by molar-refractivity contribution is -0.139. The number of carbonyl (C=O) groups excluding carboxylic acids is 2. The number of para-hydroxylation sites is 1. The first-order chi connectivity index (χ1) is 9.84. The standard InChI is InChI=1S/C13H12F3NO4/c1-2-11(18)20-7-8-21-12(19)17-10-6-4-3-5-9(10)13(14,15)16/h2-6H,1,7-8H2,(H,17,19). The van der Waals surface area contributed by atoms with E-state index in [4.69, 9.17) is 0 Å². The molecule has 0 spiro atoms. The van der Waals surface area contributed by atoms with Crippen LogP contribution in [-0.4, -0.2) is 25.3 Å². The number of amides is 1. The van der Waals surface area contributed by atoms with Gasteiger partial charge in [0.2, 0.25) is 0 Å². The number of halogens is 3. The molecule has 0 heterocycles. The van der Waals surface area contributed by atoms with Gasteiger partial charge in [0.1, 0.15) is 13.2 Å². The smallest absolute Gasteiger partial charge is 0.418 e. The summed E-state index contributed by atoms with van der Waals surface area (Å²) in [5.74, 6) is -0.693. The number of anilines is 1. The van der Waals surface area contributed by atoms with Crippen molar-refractivity contribution in [3.8, 4) is 0 Å². The van der Waals surface area contributed by atoms with Gasteiger partial charge in [-0.25, -0.2) is 9.59 Å². The van der Waals surface area contributed by atoms with Crippen LogP contribution in [0.2, 0.25) is 0 Å². The maximum atomic E-state index is 12.7. The number of alkyl halides is 3. The first kappa shape index (κ1) is 16.5. The highest BCUT2D eigenvalue weighted by Gasteiger charge is 2.33. The Labute approximate surface area is 118 Å². The largest absolute Gasteiger partial charge is 0.459 e. The quantitative estimate of drug-likeness (QED) is 0.516. The third kappa shape index (κ3) is 5.55. The maximum Gasteiger partial charge on any atom is 0.418 e. The predicted molar refractivity (Wildman–Crippen MR) is 67.6 cm³/mol. The van der Waals surface area contributed by atoms with Gasteiger partial charge in [0, 0.05) is 6.08 Å². The fraction of sp³-hybridized carbons (Fsp3) is 0.231. The Hall–Kier alpha value is -2.51. The van der Waals surface area contributed by atoms with Gasteiger partial charge in [-0.3, -0.25) is 5.32 Å². The molecule has 0 fully saturated rings. The van der Waals surface area contributed by atoms with Crippen LogP contribution in [0.5, 0.6) is 0 Å². The molecular weight excluding hydrogens is 291 g/mol. The van der Waals surface area contributed by atoms with Crippen molar-refractivity contribution in [2.45, 2.75) is 6.18 Å². The number of esters is 1. The maximum absolute atomic E-state index is 12.7. The Morgan fingerprint density at radius 2 is 1.81 bits per heavy atom. The minimum Gasteiger partial charge on any atom is -0.459 e. The lowest BCUT2D eigenvalue weighted by Gasteiger charge is -2.13. The number of ether oxygens (including phenoxy) is 2. The zero-order valence-corrected chi connectivity index (χ0v) is 10.8. The van der Waals surface area contributed by atoms with Crippen LogP contribution >= 0.6 is 0 Å². The van der Waals surface area contributed by atoms with E-state index in [9.17, 15) is 22.8 Å². The summed E-state index contributed by atoms with van der Waals surface area (Å²) in [7, 11) is 0. The molecule has 0 aliphatic heterocycles. The summed E-state index contributed by atoms with van der Waals surface area (Å²) in [5, 5.41) is 1.98. The third-order valence-electron chi connectivity index (χ3n) is 2.20. The average Bonchev–Trinajstić information content (AvgIpc) is 2.42. The summed E-state index contributed by atoms with van der Waals surface area (Å²) < 4.78 is 47.1. The fourth-order valence-corrected chi connectivity index (χ4v) is 1.32. The normalized spacial score (nSPS) is 10.6. The molecule has 8 heteroatoms. The summed E-state index contributed by atoms with van der Waals surface area (Å²) in [4.78, 5) is 22.0. The molecule has 0 unspecified atom stereocenters. The summed E-state index contributed by atoms with van der Waals surface area (Å²) in [5.41, 5.74) is -1.40. The van der Waals surface area contributed by atoms with Gasteiger partial charge in [0.15, 0.2) is 0 Å². The number of nitrogens with one attached hydrogen (secondary N) is 1. The summed E-state index contributed by atoms with van der Waals surface area (Å²) in [6.45, 7) is 2.65. The number of benzene rings is 1. The van der Waals surface area contributed by atoms with Gasteiger partial charge >= 0.3 is 18.2 Å². The lowest BCUT2D eigenvalue weighted by atomic mass is 10.2. The van der Waals surface area contributed by atoms with E-state index < -0.39 is 29.5 Å². The number of hydrogen-bond donors (Lipinski definition) is 1. The molecule has 1 rings (SSSR count). The zero-order valence-electron chi connectivity index (χ0n) is 10.8. The van der Waals surface area contributed by atoms with Gasteiger partial charge in [-0.1, -0.05) is 18.7 Å². The van der Waals surface area contributed by atoms with Crippen LogP contribution in [0.3, 0.4) is 0 Å². The van der Waals surface area contributed by atoms with Crippen molar-refractivity contribution < 1.29 is 32.2 Å². The molecule has 1 amide bonds. The first-order valence-electron chi connectivity index (χ1n) is 5.74. The Balaban J connectivity index is 2.52. The Morgan fingerprint density at radius 1 is 1.19 bits per heavy atom. The summed E-state index contributed by atoms with van der Waals surface area (Å²) in [6.07, 6.45) is -4.75. The molecule has 0 bridgehead atoms. The number of carbonyl (C=O) groups is 2. The van der Waals surface area contributed by atoms with Gasteiger partial charge in [0.05, 0.1) is 11.3 Å². The topological polar surface area (TPSA) is 64.6 Å². The predicted octanol–water partition coefficient (Wildman–Crippen LogP) is 2.98. The van der Waals surface area contributed by atoms with Gasteiger partial charge in [-0.2, -0.15) is 13.2 Å². The van der Waals surface area contributed by atoms with Gasteiger partial charge in [-0.15, -0.1) is 0 Å². The van der Waals surface area contributed by atoms with Crippen LogP contribution in [0, 0.1) is 0 Å². The van der Waals surface area contributed by atoms with Gasteiger partial charge in [0.25, 0.3) is 0 Å². The van der Waals surface area contributed by atoms with E-state index in [0.717, 1.165) is 18.2 Å². The van der Waals surface area contributed by atoms with Crippen molar-refractivity contribution in [2.75, 3.05) is 18.5 Å². The monoisotopic (exact) mass is 303 g/mol. The van der Waals surface area contributed by atoms with Crippen molar-refractivity contribution in [3.63, 3.8) is 0 Å². The highest BCUT2D eigenvalue weighted by Crippen LogP contribution is 2.34. The highest BCUT2D eigenvalue weighted by molar-refractivity contribution is 5.85. The molecule has 0 aliphatic carbocycles. The first-order valence-corrected chi connectivity index (χ1v) is 5.74. The van der Waals surface area contributed by atoms with Crippen LogP contribution < -0.4 is 5.32 Å². The molecule has 21 heavy (non-hydrogen) atoms.